The van der Waals surface area contributed by atoms with E-state index in [0.717, 1.165) is 35.1 Å². The molecular weight excluding hydrogens is 592 g/mol. The maximum absolute atomic E-state index is 13.8. The van der Waals surface area contributed by atoms with Crippen molar-refractivity contribution in [2.45, 2.75) is 68.4 Å². The molecule has 2 saturated heterocycles. The first-order valence-corrected chi connectivity index (χ1v) is 15.0. The van der Waals surface area contributed by atoms with Crippen LogP contribution in [-0.2, 0) is 29.2 Å². The molecule has 0 saturated carbocycles. The van der Waals surface area contributed by atoms with E-state index in [2.05, 4.69) is 4.90 Å². The first-order valence-electron chi connectivity index (χ1n) is 15.0. The molecule has 0 spiro atoms. The van der Waals surface area contributed by atoms with E-state index < -0.39 is 47.8 Å². The minimum atomic E-state index is -5.01. The van der Waals surface area contributed by atoms with Gasteiger partial charge in [0.05, 0.1) is 29.4 Å². The lowest BCUT2D eigenvalue weighted by Crippen LogP contribution is -2.57. The number of ether oxygens (including phenoxy) is 1. The summed E-state index contributed by atoms with van der Waals surface area (Å²) in [5.74, 6) is 0. The third kappa shape index (κ3) is 6.13. The van der Waals surface area contributed by atoms with Gasteiger partial charge >= 0.3 is 12.4 Å². The van der Waals surface area contributed by atoms with Gasteiger partial charge in [-0.05, 0) is 71.7 Å². The fourth-order valence-electron chi connectivity index (χ4n) is 7.25. The van der Waals surface area contributed by atoms with Crippen molar-refractivity contribution in [1.29, 1.82) is 0 Å². The molecule has 4 aromatic rings. The summed E-state index contributed by atoms with van der Waals surface area (Å²) < 4.78 is 89.1. The fourth-order valence-corrected chi connectivity index (χ4v) is 7.25. The zero-order chi connectivity index (χ0) is 31.8. The van der Waals surface area contributed by atoms with Gasteiger partial charge in [-0.1, -0.05) is 84.9 Å². The molecule has 2 aliphatic heterocycles. The van der Waals surface area contributed by atoms with Gasteiger partial charge in [0.25, 0.3) is 0 Å². The summed E-state index contributed by atoms with van der Waals surface area (Å²) in [6.45, 7) is -0.201. The number of halogens is 6. The average Bonchev–Trinajstić information content (AvgIpc) is 3.27. The highest BCUT2D eigenvalue weighted by Crippen LogP contribution is 2.55. The van der Waals surface area contributed by atoms with Gasteiger partial charge < -0.3 is 9.84 Å². The van der Waals surface area contributed by atoms with E-state index in [-0.39, 0.29) is 17.7 Å². The first-order chi connectivity index (χ1) is 21.5. The molecule has 2 heterocycles. The third-order valence-electron chi connectivity index (χ3n) is 9.26. The van der Waals surface area contributed by atoms with Crippen LogP contribution in [0.4, 0.5) is 26.3 Å². The monoisotopic (exact) mass is 625 g/mol. The molecule has 6 rings (SSSR count). The highest BCUT2D eigenvalue weighted by Gasteiger charge is 2.57. The van der Waals surface area contributed by atoms with Crippen LogP contribution in [-0.4, -0.2) is 28.8 Å². The van der Waals surface area contributed by atoms with Gasteiger partial charge in [0.2, 0.25) is 0 Å². The Morgan fingerprint density at radius 2 is 1.36 bits per heavy atom. The van der Waals surface area contributed by atoms with Crippen molar-refractivity contribution in [3.8, 4) is 11.1 Å². The fraction of sp³-hybridized carbons (Fsp3) is 0.333. The van der Waals surface area contributed by atoms with Crippen molar-refractivity contribution in [2.75, 3.05) is 6.61 Å². The summed E-state index contributed by atoms with van der Waals surface area (Å²) in [6.07, 6.45) is -9.28. The first kappa shape index (κ1) is 31.3. The van der Waals surface area contributed by atoms with Crippen LogP contribution in [0.5, 0.6) is 0 Å². The Hall–Kier alpha value is -3.66. The standard InChI is InChI=1S/C36H33F6NO2/c37-35(38,39)27-19-26(20-28(21-27)36(40,41)42)32(23-44)45-33-16-15-29-17-18-34(33,43(29)22-24-9-3-1-4-10-24)31-14-8-7-13-30(31)25-11-5-2-6-12-25/h1-14,19-21,29,32-33,44H,15-18,22-23H2. The summed E-state index contributed by atoms with van der Waals surface area (Å²) in [6, 6.07) is 29.4. The van der Waals surface area contributed by atoms with E-state index in [0.29, 0.717) is 31.5 Å². The van der Waals surface area contributed by atoms with Crippen LogP contribution in [0.1, 0.15) is 59.6 Å². The van der Waals surface area contributed by atoms with Crippen LogP contribution in [0.15, 0.2) is 103 Å². The Morgan fingerprint density at radius 3 is 1.98 bits per heavy atom. The molecule has 0 amide bonds. The maximum atomic E-state index is 13.8. The Bertz CT molecular complexity index is 1580. The second-order valence-corrected chi connectivity index (χ2v) is 11.9. The number of hydrogen-bond acceptors (Lipinski definition) is 3. The number of rotatable bonds is 8. The summed E-state index contributed by atoms with van der Waals surface area (Å²) >= 11 is 0. The van der Waals surface area contributed by atoms with Crippen molar-refractivity contribution >= 4 is 0 Å². The van der Waals surface area contributed by atoms with Gasteiger partial charge in [-0.3, -0.25) is 4.90 Å². The second kappa shape index (κ2) is 12.3. The van der Waals surface area contributed by atoms with Gasteiger partial charge in [0, 0.05) is 12.6 Å². The molecule has 3 nitrogen and oxygen atoms in total. The number of alkyl halides is 6. The Kier molecular flexibility index (Phi) is 8.54. The number of hydrogen-bond donors (Lipinski definition) is 1. The molecule has 2 aliphatic rings. The normalized spacial score (nSPS) is 22.8. The smallest absolute Gasteiger partial charge is 0.393 e. The van der Waals surface area contributed by atoms with E-state index in [4.69, 9.17) is 4.74 Å². The zero-order valence-corrected chi connectivity index (χ0v) is 24.4. The molecule has 4 aromatic carbocycles. The van der Waals surface area contributed by atoms with Gasteiger partial charge in [-0.15, -0.1) is 0 Å². The summed E-state index contributed by atoms with van der Waals surface area (Å²) in [4.78, 5) is 2.40. The molecule has 2 bridgehead atoms. The lowest BCUT2D eigenvalue weighted by molar-refractivity contribution is -0.146. The second-order valence-electron chi connectivity index (χ2n) is 11.9. The SMILES string of the molecule is OCC(OC1CCC2CCC1(c1ccccc1-c1ccccc1)N2Cc1ccccc1)c1cc(C(F)(F)F)cc(C(F)(F)F)c1. The quantitative estimate of drug-likeness (QED) is 0.198. The van der Waals surface area contributed by atoms with Crippen molar-refractivity contribution in [1.82, 2.24) is 4.90 Å². The summed E-state index contributed by atoms with van der Waals surface area (Å²) in [5, 5.41) is 10.5. The lowest BCUT2D eigenvalue weighted by Gasteiger charge is -2.51. The summed E-state index contributed by atoms with van der Waals surface area (Å²) in [5.41, 5.74) is 0.0396. The van der Waals surface area contributed by atoms with Gasteiger partial charge in [-0.2, -0.15) is 26.3 Å². The zero-order valence-electron chi connectivity index (χ0n) is 24.4. The minimum Gasteiger partial charge on any atom is -0.393 e. The predicted molar refractivity (Wildman–Crippen MR) is 159 cm³/mol. The predicted octanol–water partition coefficient (Wildman–Crippen LogP) is 9.16. The van der Waals surface area contributed by atoms with Crippen molar-refractivity contribution in [3.63, 3.8) is 0 Å². The molecule has 45 heavy (non-hydrogen) atoms. The van der Waals surface area contributed by atoms with Crippen LogP contribution in [0, 0.1) is 0 Å². The van der Waals surface area contributed by atoms with Crippen molar-refractivity contribution in [2.24, 2.45) is 0 Å². The lowest BCUT2D eigenvalue weighted by atomic mass is 9.75. The molecule has 0 radical (unpaired) electrons. The van der Waals surface area contributed by atoms with Crippen LogP contribution in [0.25, 0.3) is 11.1 Å². The van der Waals surface area contributed by atoms with Crippen molar-refractivity contribution < 1.29 is 36.2 Å². The topological polar surface area (TPSA) is 32.7 Å². The number of benzene rings is 4. The Labute approximate surface area is 258 Å². The van der Waals surface area contributed by atoms with Crippen LogP contribution in [0.3, 0.4) is 0 Å². The highest BCUT2D eigenvalue weighted by molar-refractivity contribution is 5.69. The third-order valence-corrected chi connectivity index (χ3v) is 9.26. The minimum absolute atomic E-state index is 0.0965. The van der Waals surface area contributed by atoms with Crippen LogP contribution in [0.2, 0.25) is 0 Å². The number of fused-ring (bicyclic) bond motifs is 2. The molecule has 236 valence electrons. The molecule has 4 unspecified atom stereocenters. The number of nitrogens with zero attached hydrogens (tertiary/aromatic N) is 1. The number of aliphatic hydroxyl groups is 1. The number of piperidine rings is 1. The van der Waals surface area contributed by atoms with Gasteiger partial charge in [-0.25, -0.2) is 0 Å². The highest BCUT2D eigenvalue weighted by atomic mass is 19.4. The molecular formula is C36H33F6NO2. The maximum Gasteiger partial charge on any atom is 0.416 e. The Morgan fingerprint density at radius 1 is 0.756 bits per heavy atom. The number of aliphatic hydroxyl groups excluding tert-OH is 1. The van der Waals surface area contributed by atoms with E-state index in [9.17, 15) is 31.4 Å². The van der Waals surface area contributed by atoms with Crippen LogP contribution >= 0.6 is 0 Å². The van der Waals surface area contributed by atoms with E-state index in [1.807, 2.05) is 84.9 Å². The van der Waals surface area contributed by atoms with Crippen LogP contribution < -0.4 is 0 Å². The van der Waals surface area contributed by atoms with Gasteiger partial charge in [0.1, 0.15) is 6.10 Å². The molecule has 2 fully saturated rings. The molecule has 4 atom stereocenters. The van der Waals surface area contributed by atoms with E-state index in [1.54, 1.807) is 0 Å². The van der Waals surface area contributed by atoms with E-state index >= 15 is 0 Å². The molecule has 0 aliphatic carbocycles. The summed E-state index contributed by atoms with van der Waals surface area (Å²) in [7, 11) is 0. The average molecular weight is 626 g/mol. The van der Waals surface area contributed by atoms with Crippen molar-refractivity contribution in [3.05, 3.63) is 131 Å². The Balaban J connectivity index is 1.48. The molecule has 9 heteroatoms. The molecule has 0 aromatic heterocycles. The van der Waals surface area contributed by atoms with Gasteiger partial charge in [0.15, 0.2) is 0 Å². The largest absolute Gasteiger partial charge is 0.416 e. The van der Waals surface area contributed by atoms with E-state index in [1.165, 1.54) is 0 Å². The molecule has 1 N–H and O–H groups in total.